The highest BCUT2D eigenvalue weighted by Crippen LogP contribution is 2.30. The molecule has 1 atom stereocenters. The number of hydrogen-bond donors (Lipinski definition) is 4. The minimum atomic E-state index is -1.00. The molecule has 12 heteroatoms. The highest BCUT2D eigenvalue weighted by molar-refractivity contribution is 6.30. The molecule has 2 aromatic heterocycles. The number of halogens is 1. The SMILES string of the molecule is O=C(/C=C/c1cc(Cl)ccc1-n1cnnn1)NC1CCCCCNc2ccc(C(=O)O)cc2-c2cnc1[nH]2. The molecule has 38 heavy (non-hydrogen) atoms. The number of amides is 1. The Labute approximate surface area is 222 Å². The van der Waals surface area contributed by atoms with Gasteiger partial charge in [-0.3, -0.25) is 4.79 Å². The molecule has 0 saturated carbocycles. The molecule has 1 aliphatic rings. The summed E-state index contributed by atoms with van der Waals surface area (Å²) in [5.74, 6) is -0.692. The maximum atomic E-state index is 13.0. The van der Waals surface area contributed by atoms with Gasteiger partial charge in [-0.15, -0.1) is 5.10 Å². The number of nitrogens with zero attached hydrogens (tertiary/aromatic N) is 5. The van der Waals surface area contributed by atoms with Crippen LogP contribution in [0, 0.1) is 0 Å². The number of carbonyl (C=O) groups excluding carboxylic acids is 1. The number of fused-ring (bicyclic) bond motifs is 4. The summed E-state index contributed by atoms with van der Waals surface area (Å²) in [6.45, 7) is 0.753. The predicted octanol–water partition coefficient (Wildman–Crippen LogP) is 4.26. The van der Waals surface area contributed by atoms with Crippen LogP contribution < -0.4 is 10.6 Å². The van der Waals surface area contributed by atoms with Crippen molar-refractivity contribution in [1.29, 1.82) is 0 Å². The second kappa shape index (κ2) is 11.3. The highest BCUT2D eigenvalue weighted by Gasteiger charge is 2.20. The number of carbonyl (C=O) groups is 2. The zero-order valence-corrected chi connectivity index (χ0v) is 21.0. The van der Waals surface area contributed by atoms with Crippen LogP contribution in [0.25, 0.3) is 23.0 Å². The van der Waals surface area contributed by atoms with Crippen LogP contribution in [0.4, 0.5) is 5.69 Å². The molecule has 1 unspecified atom stereocenters. The zero-order chi connectivity index (χ0) is 26.5. The van der Waals surface area contributed by atoms with Crippen molar-refractivity contribution in [2.45, 2.75) is 31.7 Å². The van der Waals surface area contributed by atoms with Crippen molar-refractivity contribution in [3.05, 3.63) is 77.0 Å². The largest absolute Gasteiger partial charge is 0.478 e. The van der Waals surface area contributed by atoms with Crippen LogP contribution >= 0.6 is 11.6 Å². The van der Waals surface area contributed by atoms with Gasteiger partial charge in [0.25, 0.3) is 0 Å². The van der Waals surface area contributed by atoms with Gasteiger partial charge in [-0.25, -0.2) is 9.78 Å². The minimum absolute atomic E-state index is 0.186. The Hall–Kier alpha value is -4.51. The van der Waals surface area contributed by atoms with E-state index in [-0.39, 0.29) is 17.5 Å². The van der Waals surface area contributed by atoms with Crippen LogP contribution in [0.15, 0.2) is 55.0 Å². The van der Waals surface area contributed by atoms with Gasteiger partial charge in [0.1, 0.15) is 12.2 Å². The Balaban J connectivity index is 1.39. The van der Waals surface area contributed by atoms with Crippen molar-refractivity contribution in [2.24, 2.45) is 0 Å². The Kier molecular flexibility index (Phi) is 7.45. The third kappa shape index (κ3) is 5.73. The maximum absolute atomic E-state index is 13.0. The number of aromatic carboxylic acids is 1. The first kappa shape index (κ1) is 25.2. The molecule has 0 radical (unpaired) electrons. The van der Waals surface area contributed by atoms with E-state index in [1.807, 2.05) is 0 Å². The molecule has 11 nitrogen and oxygen atoms in total. The molecule has 0 spiro atoms. The molecule has 2 aromatic carbocycles. The first-order chi connectivity index (χ1) is 18.5. The number of tetrazole rings is 1. The number of hydrogen-bond acceptors (Lipinski definition) is 7. The van der Waals surface area contributed by atoms with Gasteiger partial charge in [0, 0.05) is 34.5 Å². The van der Waals surface area contributed by atoms with E-state index >= 15 is 0 Å². The molecule has 0 fully saturated rings. The van der Waals surface area contributed by atoms with Crippen molar-refractivity contribution in [3.63, 3.8) is 0 Å². The number of rotatable bonds is 5. The third-order valence-electron chi connectivity index (χ3n) is 6.28. The van der Waals surface area contributed by atoms with Gasteiger partial charge >= 0.3 is 5.97 Å². The van der Waals surface area contributed by atoms with Crippen LogP contribution in [-0.4, -0.2) is 53.7 Å². The number of carboxylic acids is 1. The molecular formula is C26H25ClN8O3. The van der Waals surface area contributed by atoms with Gasteiger partial charge in [-0.1, -0.05) is 24.4 Å². The summed E-state index contributed by atoms with van der Waals surface area (Å²) in [7, 11) is 0. The molecule has 4 aromatic rings. The van der Waals surface area contributed by atoms with Gasteiger partial charge < -0.3 is 20.7 Å². The lowest BCUT2D eigenvalue weighted by Gasteiger charge is -2.17. The number of carboxylic acid groups (broad SMARTS) is 1. The van der Waals surface area contributed by atoms with Crippen LogP contribution in [-0.2, 0) is 4.79 Å². The van der Waals surface area contributed by atoms with Crippen LogP contribution in [0.5, 0.6) is 0 Å². The smallest absolute Gasteiger partial charge is 0.335 e. The minimum Gasteiger partial charge on any atom is -0.478 e. The molecule has 4 N–H and O–H groups in total. The maximum Gasteiger partial charge on any atom is 0.335 e. The molecule has 194 valence electrons. The molecule has 3 heterocycles. The van der Waals surface area contributed by atoms with E-state index in [0.29, 0.717) is 39.8 Å². The van der Waals surface area contributed by atoms with Crippen LogP contribution in [0.1, 0.15) is 53.5 Å². The van der Waals surface area contributed by atoms with E-state index in [2.05, 4.69) is 36.1 Å². The Morgan fingerprint density at radius 3 is 2.87 bits per heavy atom. The average Bonchev–Trinajstić information content (AvgIpc) is 3.61. The zero-order valence-electron chi connectivity index (χ0n) is 20.3. The van der Waals surface area contributed by atoms with Crippen LogP contribution in [0.2, 0.25) is 5.02 Å². The lowest BCUT2D eigenvalue weighted by Crippen LogP contribution is -2.27. The molecule has 1 aliphatic heterocycles. The number of benzene rings is 2. The van der Waals surface area contributed by atoms with E-state index in [0.717, 1.165) is 31.5 Å². The number of anilines is 1. The summed E-state index contributed by atoms with van der Waals surface area (Å²) in [4.78, 5) is 32.4. The standard InChI is InChI=1S/C26H25ClN8O3/c27-18-7-9-23(35-15-30-33-34-35)16(12-18)6-10-24(36)31-21-4-2-1-3-11-28-20-8-5-17(26(37)38)13-19(20)22-14-29-25(21)32-22/h5-10,12-15,21,28H,1-4,11H2,(H,29,32)(H,31,36)(H,37,38)/b10-6+. The fourth-order valence-corrected chi connectivity index (χ4v) is 4.56. The Morgan fingerprint density at radius 2 is 2.05 bits per heavy atom. The van der Waals surface area contributed by atoms with Gasteiger partial charge in [-0.05, 0) is 65.7 Å². The number of aromatic amines is 1. The lowest BCUT2D eigenvalue weighted by molar-refractivity contribution is -0.117. The second-order valence-corrected chi connectivity index (χ2v) is 9.31. The third-order valence-corrected chi connectivity index (χ3v) is 6.52. The van der Waals surface area contributed by atoms with Gasteiger partial charge in [0.2, 0.25) is 5.91 Å². The molecule has 1 amide bonds. The van der Waals surface area contributed by atoms with Gasteiger partial charge in [0.15, 0.2) is 0 Å². The lowest BCUT2D eigenvalue weighted by atomic mass is 10.0. The van der Waals surface area contributed by atoms with Crippen molar-refractivity contribution in [1.82, 2.24) is 35.5 Å². The summed E-state index contributed by atoms with van der Waals surface area (Å²) in [5, 5.41) is 27.7. The monoisotopic (exact) mass is 532 g/mol. The number of imidazole rings is 1. The van der Waals surface area contributed by atoms with E-state index in [1.165, 1.54) is 17.1 Å². The van der Waals surface area contributed by atoms with E-state index in [1.54, 1.807) is 48.7 Å². The highest BCUT2D eigenvalue weighted by atomic mass is 35.5. The quantitative estimate of drug-likeness (QED) is 0.278. The Bertz CT molecular complexity index is 1480. The van der Waals surface area contributed by atoms with Crippen molar-refractivity contribution >= 4 is 35.2 Å². The topological polar surface area (TPSA) is 151 Å². The molecule has 2 bridgehead atoms. The van der Waals surface area contributed by atoms with Crippen molar-refractivity contribution in [3.8, 4) is 16.9 Å². The summed E-state index contributed by atoms with van der Waals surface area (Å²) in [5.41, 5.74) is 3.76. The van der Waals surface area contributed by atoms with E-state index in [4.69, 9.17) is 11.6 Å². The van der Waals surface area contributed by atoms with Gasteiger partial charge in [0.05, 0.1) is 29.2 Å². The van der Waals surface area contributed by atoms with Crippen molar-refractivity contribution in [2.75, 3.05) is 11.9 Å². The molecule has 5 rings (SSSR count). The number of H-pyrrole nitrogens is 1. The van der Waals surface area contributed by atoms with Crippen molar-refractivity contribution < 1.29 is 14.7 Å². The normalized spacial score (nSPS) is 15.7. The molecule has 0 saturated heterocycles. The fraction of sp³-hybridized carbons (Fsp3) is 0.231. The van der Waals surface area contributed by atoms with Gasteiger partial charge in [-0.2, -0.15) is 4.68 Å². The summed E-state index contributed by atoms with van der Waals surface area (Å²) in [6, 6.07) is 9.85. The first-order valence-electron chi connectivity index (χ1n) is 12.2. The number of nitrogens with one attached hydrogen (secondary N) is 3. The predicted molar refractivity (Wildman–Crippen MR) is 142 cm³/mol. The summed E-state index contributed by atoms with van der Waals surface area (Å²) in [6.07, 6.45) is 9.73. The average molecular weight is 533 g/mol. The van der Waals surface area contributed by atoms with E-state index < -0.39 is 5.97 Å². The molecule has 0 aliphatic carbocycles. The molecular weight excluding hydrogens is 508 g/mol. The van der Waals surface area contributed by atoms with E-state index in [9.17, 15) is 14.7 Å². The Morgan fingerprint density at radius 1 is 1.16 bits per heavy atom. The summed E-state index contributed by atoms with van der Waals surface area (Å²) >= 11 is 6.18. The first-order valence-corrected chi connectivity index (χ1v) is 12.5. The fourth-order valence-electron chi connectivity index (χ4n) is 4.38. The second-order valence-electron chi connectivity index (χ2n) is 8.88. The number of aromatic nitrogens is 6. The summed E-state index contributed by atoms with van der Waals surface area (Å²) < 4.78 is 1.49. The van der Waals surface area contributed by atoms with Crippen LogP contribution in [0.3, 0.4) is 0 Å².